The Labute approximate surface area is 122 Å². The van der Waals surface area contributed by atoms with Crippen molar-refractivity contribution in [2.45, 2.75) is 6.10 Å². The van der Waals surface area contributed by atoms with Crippen LogP contribution in [0.3, 0.4) is 0 Å². The fraction of sp³-hybridized carbons (Fsp3) is 0.0833. The van der Waals surface area contributed by atoms with E-state index < -0.39 is 11.9 Å². The second-order valence-electron chi connectivity index (χ2n) is 4.07. The molecule has 1 N–H and O–H groups in total. The standard InChI is InChI=1S/C12H8ClF2N3OS/c13-10-4-3-8-7(14)1-2-9(18(8)10)11(19)12-16-5-6-17(12)20-15/h1-6,11,19H. The lowest BCUT2D eigenvalue weighted by molar-refractivity contribution is 0.203. The zero-order valence-electron chi connectivity index (χ0n) is 9.87. The first kappa shape index (κ1) is 13.4. The fourth-order valence-electron chi connectivity index (χ4n) is 2.08. The number of rotatable bonds is 3. The van der Waals surface area contributed by atoms with Crippen LogP contribution in [-0.2, 0) is 0 Å². The van der Waals surface area contributed by atoms with E-state index in [-0.39, 0.29) is 28.8 Å². The van der Waals surface area contributed by atoms with Gasteiger partial charge in [0.05, 0.1) is 11.2 Å². The van der Waals surface area contributed by atoms with Crippen LogP contribution in [0.1, 0.15) is 17.6 Å². The Balaban J connectivity index is 2.19. The topological polar surface area (TPSA) is 42.5 Å². The van der Waals surface area contributed by atoms with Crippen LogP contribution in [0.5, 0.6) is 0 Å². The van der Waals surface area contributed by atoms with Crippen molar-refractivity contribution in [2.24, 2.45) is 0 Å². The summed E-state index contributed by atoms with van der Waals surface area (Å²) in [6.07, 6.45) is 1.51. The number of aromatic nitrogens is 3. The maximum absolute atomic E-state index is 13.7. The summed E-state index contributed by atoms with van der Waals surface area (Å²) in [4.78, 5) is 3.91. The molecule has 3 aromatic heterocycles. The van der Waals surface area contributed by atoms with E-state index in [1.54, 1.807) is 0 Å². The van der Waals surface area contributed by atoms with Crippen molar-refractivity contribution in [1.29, 1.82) is 0 Å². The number of hydrogen-bond acceptors (Lipinski definition) is 3. The molecule has 0 saturated heterocycles. The van der Waals surface area contributed by atoms with E-state index in [4.69, 9.17) is 11.6 Å². The van der Waals surface area contributed by atoms with Crippen molar-refractivity contribution >= 4 is 29.5 Å². The monoisotopic (exact) mass is 315 g/mol. The van der Waals surface area contributed by atoms with Crippen LogP contribution in [0.25, 0.3) is 5.52 Å². The van der Waals surface area contributed by atoms with Gasteiger partial charge < -0.3 is 5.11 Å². The van der Waals surface area contributed by atoms with Gasteiger partial charge in [-0.15, -0.1) is 3.89 Å². The van der Waals surface area contributed by atoms with Gasteiger partial charge in [-0.1, -0.05) is 11.6 Å². The van der Waals surface area contributed by atoms with Crippen molar-refractivity contribution in [1.82, 2.24) is 13.4 Å². The molecule has 0 aromatic carbocycles. The third-order valence-corrected chi connectivity index (χ3v) is 3.72. The van der Waals surface area contributed by atoms with Crippen LogP contribution in [0.2, 0.25) is 5.15 Å². The maximum atomic E-state index is 13.7. The molecule has 0 aliphatic heterocycles. The lowest BCUT2D eigenvalue weighted by Crippen LogP contribution is -2.10. The van der Waals surface area contributed by atoms with Gasteiger partial charge in [-0.3, -0.25) is 4.40 Å². The summed E-state index contributed by atoms with van der Waals surface area (Å²) in [5.41, 5.74) is 0.537. The highest BCUT2D eigenvalue weighted by molar-refractivity contribution is 7.92. The molecule has 0 amide bonds. The van der Waals surface area contributed by atoms with Crippen LogP contribution in [-0.4, -0.2) is 18.5 Å². The molecular formula is C12H8ClF2N3OS. The van der Waals surface area contributed by atoms with Crippen LogP contribution in [0.4, 0.5) is 8.28 Å². The molecule has 3 aromatic rings. The first-order valence-corrected chi connectivity index (χ1v) is 6.64. The van der Waals surface area contributed by atoms with E-state index in [0.29, 0.717) is 5.69 Å². The molecule has 1 unspecified atom stereocenters. The Morgan fingerprint density at radius 1 is 1.30 bits per heavy atom. The van der Waals surface area contributed by atoms with Crippen molar-refractivity contribution in [2.75, 3.05) is 0 Å². The van der Waals surface area contributed by atoms with Crippen LogP contribution >= 0.6 is 23.9 Å². The summed E-state index contributed by atoms with van der Waals surface area (Å²) in [5, 5.41) is 10.6. The molecule has 3 rings (SSSR count). The average Bonchev–Trinajstić information content (AvgIpc) is 3.06. The van der Waals surface area contributed by atoms with E-state index in [1.807, 2.05) is 0 Å². The van der Waals surface area contributed by atoms with E-state index in [2.05, 4.69) is 4.98 Å². The molecule has 0 fully saturated rings. The second-order valence-corrected chi connectivity index (χ2v) is 4.98. The molecule has 104 valence electrons. The fourth-order valence-corrected chi connectivity index (χ4v) is 2.65. The molecule has 0 aliphatic rings. The predicted molar refractivity (Wildman–Crippen MR) is 72.8 cm³/mol. The van der Waals surface area contributed by atoms with E-state index in [0.717, 1.165) is 3.97 Å². The Morgan fingerprint density at radius 3 is 2.85 bits per heavy atom. The summed E-state index contributed by atoms with van der Waals surface area (Å²) in [5.74, 6) is -0.369. The van der Waals surface area contributed by atoms with Crippen molar-refractivity contribution in [3.63, 3.8) is 0 Å². The third-order valence-electron chi connectivity index (χ3n) is 2.97. The van der Waals surface area contributed by atoms with Gasteiger partial charge in [0.1, 0.15) is 11.0 Å². The first-order chi connectivity index (χ1) is 9.63. The Bertz CT molecular complexity index is 773. The SMILES string of the molecule is OC(c1nccn1SF)c1ccc(F)c2ccc(Cl)n12. The largest absolute Gasteiger partial charge is 0.379 e. The first-order valence-electron chi connectivity index (χ1n) is 5.59. The third kappa shape index (κ3) is 1.98. The molecule has 0 spiro atoms. The van der Waals surface area contributed by atoms with Gasteiger partial charge in [0.2, 0.25) is 0 Å². The number of pyridine rings is 1. The zero-order valence-corrected chi connectivity index (χ0v) is 11.4. The normalized spacial score (nSPS) is 13.0. The zero-order chi connectivity index (χ0) is 14.3. The van der Waals surface area contributed by atoms with Crippen LogP contribution in [0.15, 0.2) is 36.7 Å². The van der Waals surface area contributed by atoms with Crippen molar-refractivity contribution < 1.29 is 13.4 Å². The minimum absolute atomic E-state index is 0.0823. The van der Waals surface area contributed by atoms with E-state index >= 15 is 0 Å². The summed E-state index contributed by atoms with van der Waals surface area (Å²) < 4.78 is 28.9. The molecule has 1 atom stereocenters. The lowest BCUT2D eigenvalue weighted by Gasteiger charge is -2.14. The highest BCUT2D eigenvalue weighted by Gasteiger charge is 2.21. The maximum Gasteiger partial charge on any atom is 0.170 e. The van der Waals surface area contributed by atoms with E-state index in [1.165, 1.54) is 41.1 Å². The molecule has 0 aliphatic carbocycles. The smallest absolute Gasteiger partial charge is 0.170 e. The van der Waals surface area contributed by atoms with Gasteiger partial charge in [-0.05, 0) is 24.3 Å². The number of halogens is 3. The van der Waals surface area contributed by atoms with Crippen molar-refractivity contribution in [3.05, 3.63) is 59.1 Å². The predicted octanol–water partition coefficient (Wildman–Crippen LogP) is 3.39. The Morgan fingerprint density at radius 2 is 2.10 bits per heavy atom. The average molecular weight is 316 g/mol. The van der Waals surface area contributed by atoms with Gasteiger partial charge >= 0.3 is 0 Å². The molecule has 3 heterocycles. The van der Waals surface area contributed by atoms with Gasteiger partial charge in [0, 0.05) is 12.4 Å². The molecule has 0 bridgehead atoms. The molecular weight excluding hydrogens is 308 g/mol. The Kier molecular flexibility index (Phi) is 3.41. The van der Waals surface area contributed by atoms with Crippen LogP contribution < -0.4 is 0 Å². The van der Waals surface area contributed by atoms with E-state index in [9.17, 15) is 13.4 Å². The number of imidazole rings is 1. The lowest BCUT2D eigenvalue weighted by atomic mass is 10.2. The highest BCUT2D eigenvalue weighted by atomic mass is 35.5. The molecule has 20 heavy (non-hydrogen) atoms. The van der Waals surface area contributed by atoms with Gasteiger partial charge in [-0.25, -0.2) is 13.3 Å². The van der Waals surface area contributed by atoms with Gasteiger partial charge in [-0.2, -0.15) is 0 Å². The molecule has 8 heteroatoms. The minimum Gasteiger partial charge on any atom is -0.379 e. The number of aliphatic hydroxyl groups excluding tert-OH is 1. The molecule has 0 saturated carbocycles. The van der Waals surface area contributed by atoms with Gasteiger partial charge in [0.15, 0.2) is 24.3 Å². The van der Waals surface area contributed by atoms with Crippen molar-refractivity contribution in [3.8, 4) is 0 Å². The quantitative estimate of drug-likeness (QED) is 0.805. The number of aliphatic hydroxyl groups is 1. The van der Waals surface area contributed by atoms with Crippen LogP contribution in [0, 0.1) is 5.82 Å². The summed E-state index contributed by atoms with van der Waals surface area (Å²) in [6, 6.07) is 5.64. The number of nitrogens with zero attached hydrogens (tertiary/aromatic N) is 3. The van der Waals surface area contributed by atoms with Gasteiger partial charge in [0.25, 0.3) is 0 Å². The summed E-state index contributed by atoms with van der Waals surface area (Å²) in [6.45, 7) is 0. The summed E-state index contributed by atoms with van der Waals surface area (Å²) in [7, 11) is 0. The Hall–Kier alpha value is -1.57. The number of fused-ring (bicyclic) bond motifs is 1. The number of hydrogen-bond donors (Lipinski definition) is 1. The minimum atomic E-state index is -1.23. The molecule has 4 nitrogen and oxygen atoms in total. The molecule has 0 radical (unpaired) electrons. The second kappa shape index (κ2) is 5.08. The highest BCUT2D eigenvalue weighted by Crippen LogP contribution is 2.28. The summed E-state index contributed by atoms with van der Waals surface area (Å²) >= 11 is 5.93.